The van der Waals surface area contributed by atoms with Gasteiger partial charge < -0.3 is 66.3 Å². The zero-order chi connectivity index (χ0) is 57.5. The molecule has 4 aliphatic heterocycles. The largest absolute Gasteiger partial charge is 0.463 e. The Morgan fingerprint density at radius 1 is 0.449 bits per heavy atom. The third-order valence-corrected chi connectivity index (χ3v) is 12.5. The fourth-order valence-corrected chi connectivity index (χ4v) is 9.50. The van der Waals surface area contributed by atoms with E-state index in [1.165, 1.54) is 18.7 Å². The Labute approximate surface area is 449 Å². The molecular weight excluding hydrogens is 1040 g/mol. The van der Waals surface area contributed by atoms with Crippen molar-refractivity contribution in [2.24, 2.45) is 0 Å². The number of amides is 2. The number of hydrogen-bond donors (Lipinski definition) is 0. The maximum Gasteiger partial charge on any atom is 0.303 e. The summed E-state index contributed by atoms with van der Waals surface area (Å²) >= 11 is 0. The third kappa shape index (κ3) is 17.3. The fourth-order valence-electron chi connectivity index (χ4n) is 9.50. The highest BCUT2D eigenvalue weighted by Gasteiger charge is 2.59. The van der Waals surface area contributed by atoms with Crippen molar-refractivity contribution in [3.05, 3.63) is 35.4 Å². The number of esters is 8. The average molecular weight is 1110 g/mol. The van der Waals surface area contributed by atoms with Crippen molar-refractivity contribution in [1.82, 2.24) is 4.90 Å². The van der Waals surface area contributed by atoms with E-state index in [0.29, 0.717) is 43.2 Å². The van der Waals surface area contributed by atoms with E-state index in [4.69, 9.17) is 66.3 Å². The average Bonchev–Trinajstić information content (AvgIpc) is 3.58. The summed E-state index contributed by atoms with van der Waals surface area (Å²) < 4.78 is 83.5. The summed E-state index contributed by atoms with van der Waals surface area (Å²) in [6.07, 6.45) is -21.6. The summed E-state index contributed by atoms with van der Waals surface area (Å²) in [6, 6.07) is 6.64. The van der Waals surface area contributed by atoms with E-state index < -0.39 is 159 Å². The predicted octanol–water partition coefficient (Wildman–Crippen LogP) is 2.67. The molecule has 3 fully saturated rings. The summed E-state index contributed by atoms with van der Waals surface area (Å²) in [5, 5.41) is 0. The van der Waals surface area contributed by atoms with E-state index in [9.17, 15) is 52.7 Å². The number of rotatable bonds is 25. The molecule has 4 aliphatic rings. The van der Waals surface area contributed by atoms with E-state index in [-0.39, 0.29) is 25.0 Å². The van der Waals surface area contributed by atoms with E-state index in [1.54, 1.807) is 24.3 Å². The van der Waals surface area contributed by atoms with Gasteiger partial charge in [-0.2, -0.15) is 0 Å². The maximum absolute atomic E-state index is 13.1. The molecule has 0 N–H and O–H groups in total. The Bertz CT molecular complexity index is 2320. The Kier molecular flexibility index (Phi) is 23.2. The monoisotopic (exact) mass is 1110 g/mol. The topological polar surface area (TPSA) is 320 Å². The molecule has 26 heteroatoms. The van der Waals surface area contributed by atoms with Crippen molar-refractivity contribution in [3.8, 4) is 0 Å². The first-order chi connectivity index (χ1) is 36.9. The minimum absolute atomic E-state index is 0.0732. The molecule has 78 heavy (non-hydrogen) atoms. The SMILES string of the molecule is CC(=O)C[C@H]1O[C@@H](OCCCCCCCCN2C(=O)c3ccccc3C2=O)[C@H](OC2O[C@@H](C)[C@@H](OC(C)=O)C(OC(C)=O)C2OC(C)=O)[C@@H](OC2O[C@H](COC(C)=O)[C@H](OC(C)=O)[C@H](OC(C)=O)[C@H]2OC(C)=O)[C@H]1OC(C)=O. The lowest BCUT2D eigenvalue weighted by Crippen LogP contribution is -2.68. The molecule has 0 radical (unpaired) electrons. The van der Waals surface area contributed by atoms with Gasteiger partial charge in [-0.3, -0.25) is 57.6 Å². The van der Waals surface area contributed by atoms with Crippen molar-refractivity contribution >= 4 is 65.4 Å². The van der Waals surface area contributed by atoms with Gasteiger partial charge >= 0.3 is 47.8 Å². The molecule has 0 spiro atoms. The van der Waals surface area contributed by atoms with Crippen LogP contribution in [0.1, 0.15) is 135 Å². The van der Waals surface area contributed by atoms with Crippen LogP contribution in [0.5, 0.6) is 0 Å². The highest BCUT2D eigenvalue weighted by molar-refractivity contribution is 6.21. The Hall–Kier alpha value is -6.45. The zero-order valence-electron chi connectivity index (χ0n) is 45.2. The quantitative estimate of drug-likeness (QED) is 0.0588. The Balaban J connectivity index is 1.53. The van der Waals surface area contributed by atoms with Crippen LogP contribution in [0.4, 0.5) is 0 Å². The lowest BCUT2D eigenvalue weighted by Gasteiger charge is -2.50. The molecule has 432 valence electrons. The van der Waals surface area contributed by atoms with Gasteiger partial charge in [0.2, 0.25) is 0 Å². The summed E-state index contributed by atoms with van der Waals surface area (Å²) in [7, 11) is 0. The number of nitrogens with zero attached hydrogens (tertiary/aromatic N) is 1. The number of imide groups is 1. The van der Waals surface area contributed by atoms with Gasteiger partial charge in [0.25, 0.3) is 11.8 Å². The van der Waals surface area contributed by atoms with Gasteiger partial charge in [0.15, 0.2) is 61.6 Å². The summed E-state index contributed by atoms with van der Waals surface area (Å²) in [5.41, 5.74) is 0.739. The van der Waals surface area contributed by atoms with Crippen molar-refractivity contribution < 1.29 is 119 Å². The molecule has 26 nitrogen and oxygen atoms in total. The standard InChI is InChI=1S/C52H69NO25/c1-25(54)23-37-40(69-29(5)57)44(77-52-47(74-34(10)62)43(72-32(8)60)41(70-30(6)58)38(76-52)24-66-27(3)55)45(78-51-46(73-33(9)61)42(71-31(7)59)39(26(2)67-51)68-28(4)56)50(75-37)65-22-18-14-12-11-13-17-21-53-48(63)35-19-15-16-20-36(35)49(53)64/h15-16,19-20,26,37-47,50-52H,11-14,17-18,21-24H2,1-10H3/t26-,37+,38+,39+,40-,41-,42?,43-,44-,45+,46?,47+,50+,51?,52?/m0/s1. The summed E-state index contributed by atoms with van der Waals surface area (Å²) in [5.74, 6) is -8.40. The van der Waals surface area contributed by atoms with Crippen LogP contribution in [-0.2, 0) is 109 Å². The van der Waals surface area contributed by atoms with Crippen LogP contribution in [0, 0.1) is 0 Å². The number of carbonyl (C=O) groups is 11. The minimum atomic E-state index is -1.97. The molecule has 0 saturated carbocycles. The summed E-state index contributed by atoms with van der Waals surface area (Å²) in [4.78, 5) is 141. The number of fused-ring (bicyclic) bond motifs is 1. The van der Waals surface area contributed by atoms with Gasteiger partial charge in [0.05, 0.1) is 17.2 Å². The lowest BCUT2D eigenvalue weighted by atomic mass is 9.93. The molecule has 0 aromatic heterocycles. The Morgan fingerprint density at radius 2 is 0.859 bits per heavy atom. The molecule has 1 aromatic carbocycles. The van der Waals surface area contributed by atoms with Crippen LogP contribution < -0.4 is 0 Å². The third-order valence-electron chi connectivity index (χ3n) is 12.5. The predicted molar refractivity (Wildman–Crippen MR) is 258 cm³/mol. The van der Waals surface area contributed by atoms with Crippen LogP contribution in [0.25, 0.3) is 0 Å². The molecule has 5 rings (SSSR count). The van der Waals surface area contributed by atoms with Crippen molar-refractivity contribution in [2.45, 2.75) is 206 Å². The van der Waals surface area contributed by atoms with Crippen molar-refractivity contribution in [2.75, 3.05) is 19.8 Å². The number of carbonyl (C=O) groups excluding carboxylic acids is 11. The van der Waals surface area contributed by atoms with Gasteiger partial charge in [-0.25, -0.2) is 0 Å². The molecule has 15 atom stereocenters. The first-order valence-electron chi connectivity index (χ1n) is 25.5. The minimum Gasteiger partial charge on any atom is -0.463 e. The molecule has 4 unspecified atom stereocenters. The second kappa shape index (κ2) is 29.0. The molecule has 4 heterocycles. The Morgan fingerprint density at radius 3 is 1.36 bits per heavy atom. The van der Waals surface area contributed by atoms with Gasteiger partial charge in [0.1, 0.15) is 36.8 Å². The number of hydrogen-bond acceptors (Lipinski definition) is 25. The van der Waals surface area contributed by atoms with Crippen LogP contribution in [0.3, 0.4) is 0 Å². The maximum atomic E-state index is 13.1. The van der Waals surface area contributed by atoms with Crippen LogP contribution in [0.15, 0.2) is 24.3 Å². The van der Waals surface area contributed by atoms with E-state index >= 15 is 0 Å². The van der Waals surface area contributed by atoms with Crippen molar-refractivity contribution in [3.63, 3.8) is 0 Å². The van der Waals surface area contributed by atoms with E-state index in [1.807, 2.05) is 0 Å². The van der Waals surface area contributed by atoms with Gasteiger partial charge in [-0.15, -0.1) is 0 Å². The molecule has 3 saturated heterocycles. The number of Topliss-reactive ketones (excluding diaryl/α,β-unsaturated/α-hetero) is 1. The lowest BCUT2D eigenvalue weighted by molar-refractivity contribution is -0.389. The van der Waals surface area contributed by atoms with Crippen LogP contribution in [0.2, 0.25) is 0 Å². The van der Waals surface area contributed by atoms with Gasteiger partial charge in [-0.05, 0) is 38.8 Å². The highest BCUT2D eigenvalue weighted by atomic mass is 16.8. The highest BCUT2D eigenvalue weighted by Crippen LogP contribution is 2.39. The number of unbranched alkanes of at least 4 members (excludes halogenated alkanes) is 5. The molecule has 2 amide bonds. The van der Waals surface area contributed by atoms with E-state index in [2.05, 4.69) is 0 Å². The number of benzene rings is 1. The molecular formula is C52H69NO25. The van der Waals surface area contributed by atoms with E-state index in [0.717, 1.165) is 61.8 Å². The normalized spacial score (nSPS) is 29.5. The second-order valence-electron chi connectivity index (χ2n) is 19.0. The second-order valence-corrected chi connectivity index (χ2v) is 19.0. The van der Waals surface area contributed by atoms with Gasteiger partial charge in [0, 0.05) is 75.0 Å². The first-order valence-corrected chi connectivity index (χ1v) is 25.5. The van der Waals surface area contributed by atoms with Gasteiger partial charge in [-0.1, -0.05) is 37.8 Å². The number of ether oxygens (including phenoxy) is 14. The molecule has 0 bridgehead atoms. The van der Waals surface area contributed by atoms with Crippen molar-refractivity contribution in [1.29, 1.82) is 0 Å². The summed E-state index contributed by atoms with van der Waals surface area (Å²) in [6.45, 7) is 10.5. The van der Waals surface area contributed by atoms with Crippen LogP contribution >= 0.6 is 0 Å². The zero-order valence-corrected chi connectivity index (χ0v) is 45.2. The smallest absolute Gasteiger partial charge is 0.303 e. The fraction of sp³-hybridized carbons (Fsp3) is 0.673. The molecule has 1 aromatic rings. The van der Waals surface area contributed by atoms with Crippen LogP contribution in [-0.4, -0.2) is 182 Å². The first kappa shape index (κ1) is 62.4. The molecule has 0 aliphatic carbocycles. The number of ketones is 1.